The van der Waals surface area contributed by atoms with Gasteiger partial charge in [0.1, 0.15) is 11.9 Å². The van der Waals surface area contributed by atoms with E-state index in [1.54, 1.807) is 19.1 Å². The van der Waals surface area contributed by atoms with E-state index < -0.39 is 0 Å². The number of ether oxygens (including phenoxy) is 1. The Balaban J connectivity index is 2.48. The monoisotopic (exact) mass is 234 g/mol. The van der Waals surface area contributed by atoms with E-state index in [0.29, 0.717) is 24.7 Å². The van der Waals surface area contributed by atoms with Crippen LogP contribution in [-0.4, -0.2) is 24.1 Å². The van der Waals surface area contributed by atoms with Crippen molar-refractivity contribution in [1.29, 1.82) is 5.26 Å². The summed E-state index contributed by atoms with van der Waals surface area (Å²) in [6.45, 7) is 2.53. The number of nitrogens with two attached hydrogens (primary N) is 1. The number of nitrogen functional groups attached to an aromatic ring is 1. The van der Waals surface area contributed by atoms with Crippen molar-refractivity contribution in [2.24, 2.45) is 0 Å². The molecule has 0 amide bonds. The van der Waals surface area contributed by atoms with Gasteiger partial charge in [0.15, 0.2) is 5.69 Å². The summed E-state index contributed by atoms with van der Waals surface area (Å²) in [5.74, 6) is 0.246. The maximum Gasteiger partial charge on any atom is 0.307 e. The van der Waals surface area contributed by atoms with E-state index in [2.05, 4.69) is 10.3 Å². The van der Waals surface area contributed by atoms with Gasteiger partial charge in [-0.15, -0.1) is 0 Å². The number of hydrogen-bond acceptors (Lipinski definition) is 6. The van der Waals surface area contributed by atoms with Crippen LogP contribution in [0.1, 0.15) is 19.0 Å². The van der Waals surface area contributed by atoms with Gasteiger partial charge < -0.3 is 15.8 Å². The molecular weight excluding hydrogens is 220 g/mol. The second-order valence-corrected chi connectivity index (χ2v) is 3.23. The van der Waals surface area contributed by atoms with Crippen molar-refractivity contribution in [3.8, 4) is 6.07 Å². The standard InChI is InChI=1S/C11H14N4O2/c1-2-17-11(16)5-6-14-10-4-3-8(13)9(7-12)15-10/h3-4H,2,5-6,13H2,1H3,(H,14,15). The third-order valence-electron chi connectivity index (χ3n) is 1.97. The molecule has 0 unspecified atom stereocenters. The van der Waals surface area contributed by atoms with Crippen molar-refractivity contribution in [2.45, 2.75) is 13.3 Å². The fraction of sp³-hybridized carbons (Fsp3) is 0.364. The second-order valence-electron chi connectivity index (χ2n) is 3.23. The molecule has 0 saturated carbocycles. The first-order chi connectivity index (χ1) is 8.17. The number of nitriles is 1. The molecule has 6 nitrogen and oxygen atoms in total. The van der Waals surface area contributed by atoms with Gasteiger partial charge in [-0.25, -0.2) is 4.98 Å². The molecule has 0 aliphatic carbocycles. The van der Waals surface area contributed by atoms with Crippen LogP contribution in [0.15, 0.2) is 12.1 Å². The van der Waals surface area contributed by atoms with Crippen LogP contribution in [0.5, 0.6) is 0 Å². The largest absolute Gasteiger partial charge is 0.466 e. The molecule has 0 saturated heterocycles. The lowest BCUT2D eigenvalue weighted by atomic mass is 10.3. The highest BCUT2D eigenvalue weighted by atomic mass is 16.5. The summed E-state index contributed by atoms with van der Waals surface area (Å²) in [7, 11) is 0. The zero-order chi connectivity index (χ0) is 12.7. The summed E-state index contributed by atoms with van der Waals surface area (Å²) in [4.78, 5) is 15.0. The third kappa shape index (κ3) is 3.99. The molecule has 0 fully saturated rings. The molecule has 0 atom stereocenters. The number of nitrogens with zero attached hydrogens (tertiary/aromatic N) is 2. The van der Waals surface area contributed by atoms with Crippen LogP contribution < -0.4 is 11.1 Å². The highest BCUT2D eigenvalue weighted by Gasteiger charge is 2.03. The molecular formula is C11H14N4O2. The number of rotatable bonds is 5. The Labute approximate surface area is 99.4 Å². The average Bonchev–Trinajstić information content (AvgIpc) is 2.31. The molecule has 6 heteroatoms. The summed E-state index contributed by atoms with van der Waals surface area (Å²) in [6.07, 6.45) is 0.252. The van der Waals surface area contributed by atoms with Crippen molar-refractivity contribution in [3.05, 3.63) is 17.8 Å². The van der Waals surface area contributed by atoms with E-state index in [0.717, 1.165) is 0 Å². The van der Waals surface area contributed by atoms with Gasteiger partial charge in [0.05, 0.1) is 18.7 Å². The van der Waals surface area contributed by atoms with Gasteiger partial charge >= 0.3 is 5.97 Å². The molecule has 0 spiro atoms. The Hall–Kier alpha value is -2.29. The van der Waals surface area contributed by atoms with E-state index in [9.17, 15) is 4.79 Å². The Bertz CT molecular complexity index is 440. The van der Waals surface area contributed by atoms with Crippen LogP contribution in [0.2, 0.25) is 0 Å². The van der Waals surface area contributed by atoms with Gasteiger partial charge in [0.2, 0.25) is 0 Å². The molecule has 1 heterocycles. The lowest BCUT2D eigenvalue weighted by molar-refractivity contribution is -0.142. The SMILES string of the molecule is CCOC(=O)CCNc1ccc(N)c(C#N)n1. The number of esters is 1. The zero-order valence-corrected chi connectivity index (χ0v) is 9.56. The van der Waals surface area contributed by atoms with E-state index in [1.165, 1.54) is 0 Å². The fourth-order valence-corrected chi connectivity index (χ4v) is 1.18. The number of anilines is 2. The van der Waals surface area contributed by atoms with Crippen molar-refractivity contribution in [3.63, 3.8) is 0 Å². The first-order valence-electron chi connectivity index (χ1n) is 5.23. The van der Waals surface area contributed by atoms with Gasteiger partial charge in [-0.05, 0) is 19.1 Å². The van der Waals surface area contributed by atoms with Crippen LogP contribution in [0.25, 0.3) is 0 Å². The number of aromatic nitrogens is 1. The van der Waals surface area contributed by atoms with E-state index in [-0.39, 0.29) is 18.1 Å². The molecule has 0 bridgehead atoms. The smallest absolute Gasteiger partial charge is 0.307 e. The fourth-order valence-electron chi connectivity index (χ4n) is 1.18. The average molecular weight is 234 g/mol. The zero-order valence-electron chi connectivity index (χ0n) is 9.56. The summed E-state index contributed by atoms with van der Waals surface area (Å²) < 4.78 is 4.77. The first kappa shape index (κ1) is 12.8. The lowest BCUT2D eigenvalue weighted by Crippen LogP contribution is -2.12. The number of pyridine rings is 1. The molecule has 3 N–H and O–H groups in total. The predicted octanol–water partition coefficient (Wildman–Crippen LogP) is 0.901. The molecule has 0 aliphatic rings. The van der Waals surface area contributed by atoms with Crippen LogP contribution in [-0.2, 0) is 9.53 Å². The van der Waals surface area contributed by atoms with Crippen LogP contribution in [0.3, 0.4) is 0 Å². The number of hydrogen-bond donors (Lipinski definition) is 2. The maximum atomic E-state index is 11.1. The molecule has 0 aliphatic heterocycles. The predicted molar refractivity (Wildman–Crippen MR) is 63.1 cm³/mol. The Morgan fingerprint density at radius 3 is 3.06 bits per heavy atom. The third-order valence-corrected chi connectivity index (χ3v) is 1.97. The molecule has 17 heavy (non-hydrogen) atoms. The summed E-state index contributed by atoms with van der Waals surface area (Å²) in [5, 5.41) is 11.6. The van der Waals surface area contributed by atoms with Gasteiger partial charge in [-0.3, -0.25) is 4.79 Å². The van der Waals surface area contributed by atoms with Gasteiger partial charge in [-0.2, -0.15) is 5.26 Å². The van der Waals surface area contributed by atoms with Gasteiger partial charge in [0.25, 0.3) is 0 Å². The molecule has 90 valence electrons. The maximum absolute atomic E-state index is 11.1. The molecule has 1 aromatic heterocycles. The van der Waals surface area contributed by atoms with Crippen LogP contribution >= 0.6 is 0 Å². The lowest BCUT2D eigenvalue weighted by Gasteiger charge is -2.06. The topological polar surface area (TPSA) is 101 Å². The summed E-state index contributed by atoms with van der Waals surface area (Å²) >= 11 is 0. The van der Waals surface area contributed by atoms with Crippen LogP contribution in [0.4, 0.5) is 11.5 Å². The van der Waals surface area contributed by atoms with Crippen molar-refractivity contribution in [2.75, 3.05) is 24.2 Å². The Kier molecular flexibility index (Phi) is 4.76. The normalized spacial score (nSPS) is 9.41. The van der Waals surface area contributed by atoms with Crippen molar-refractivity contribution in [1.82, 2.24) is 4.98 Å². The number of carbonyl (C=O) groups excluding carboxylic acids is 1. The van der Waals surface area contributed by atoms with Crippen LogP contribution in [0, 0.1) is 11.3 Å². The number of nitrogens with one attached hydrogen (secondary N) is 1. The molecule has 0 aromatic carbocycles. The van der Waals surface area contributed by atoms with E-state index >= 15 is 0 Å². The van der Waals surface area contributed by atoms with Crippen molar-refractivity contribution < 1.29 is 9.53 Å². The number of carbonyl (C=O) groups is 1. The van der Waals surface area contributed by atoms with Crippen molar-refractivity contribution >= 4 is 17.5 Å². The first-order valence-corrected chi connectivity index (χ1v) is 5.23. The van der Waals surface area contributed by atoms with Gasteiger partial charge in [0, 0.05) is 6.54 Å². The Morgan fingerprint density at radius 2 is 2.41 bits per heavy atom. The quantitative estimate of drug-likeness (QED) is 0.734. The highest BCUT2D eigenvalue weighted by molar-refractivity contribution is 5.70. The van der Waals surface area contributed by atoms with Gasteiger partial charge in [-0.1, -0.05) is 0 Å². The summed E-state index contributed by atoms with van der Waals surface area (Å²) in [5.41, 5.74) is 6.04. The Morgan fingerprint density at radius 1 is 1.65 bits per heavy atom. The molecule has 1 rings (SSSR count). The highest BCUT2D eigenvalue weighted by Crippen LogP contribution is 2.11. The molecule has 0 radical (unpaired) electrons. The minimum absolute atomic E-state index is 0.172. The van der Waals surface area contributed by atoms with E-state index in [1.807, 2.05) is 6.07 Å². The second kappa shape index (κ2) is 6.33. The molecule has 1 aromatic rings. The minimum Gasteiger partial charge on any atom is -0.466 e. The minimum atomic E-state index is -0.268. The summed E-state index contributed by atoms with van der Waals surface area (Å²) in [6, 6.07) is 5.14. The van der Waals surface area contributed by atoms with E-state index in [4.69, 9.17) is 15.7 Å².